The van der Waals surface area contributed by atoms with Gasteiger partial charge in [0.25, 0.3) is 0 Å². The van der Waals surface area contributed by atoms with Crippen molar-refractivity contribution in [2.75, 3.05) is 17.6 Å². The summed E-state index contributed by atoms with van der Waals surface area (Å²) >= 11 is 8.45. The lowest BCUT2D eigenvalue weighted by Crippen LogP contribution is -2.37. The molecule has 0 spiro atoms. The van der Waals surface area contributed by atoms with Crippen molar-refractivity contribution in [1.82, 2.24) is 0 Å². The third-order valence-corrected chi connectivity index (χ3v) is 3.50. The van der Waals surface area contributed by atoms with Gasteiger partial charge in [-0.25, -0.2) is 0 Å². The molecule has 1 aliphatic heterocycles. The Bertz CT molecular complexity index is 328. The zero-order chi connectivity index (χ0) is 10.7. The van der Waals surface area contributed by atoms with E-state index < -0.39 is 0 Å². The van der Waals surface area contributed by atoms with Crippen LogP contribution in [0.1, 0.15) is 11.7 Å². The second-order valence-electron chi connectivity index (χ2n) is 3.46. The third-order valence-electron chi connectivity index (χ3n) is 2.36. The molecule has 1 aromatic rings. The summed E-state index contributed by atoms with van der Waals surface area (Å²) in [6.45, 7) is 1.41. The van der Waals surface area contributed by atoms with Crippen LogP contribution in [0, 0.1) is 0 Å². The average Bonchev–Trinajstić information content (AvgIpc) is 2.19. The van der Waals surface area contributed by atoms with E-state index in [1.54, 1.807) is 0 Å². The fourth-order valence-corrected chi connectivity index (χ4v) is 2.39. The molecule has 0 aromatic heterocycles. The molecule has 0 aliphatic carbocycles. The Morgan fingerprint density at radius 1 is 1.47 bits per heavy atom. The van der Waals surface area contributed by atoms with Gasteiger partial charge < -0.3 is 9.47 Å². The first-order valence-corrected chi connectivity index (χ1v) is 6.75. The Balaban J connectivity index is 2.07. The van der Waals surface area contributed by atoms with Crippen LogP contribution in [-0.4, -0.2) is 23.7 Å². The molecule has 82 valence electrons. The van der Waals surface area contributed by atoms with E-state index >= 15 is 0 Å². The maximum atomic E-state index is 6.13. The molecule has 15 heavy (non-hydrogen) atoms. The molecule has 4 heteroatoms. The smallest absolute Gasteiger partial charge is 0.105 e. The second kappa shape index (κ2) is 5.48. The SMILES string of the molecule is Clc1ccccc1C(CI)OC1COC1. The summed E-state index contributed by atoms with van der Waals surface area (Å²) in [5, 5.41) is 0.777. The average molecular weight is 339 g/mol. The van der Waals surface area contributed by atoms with E-state index in [1.165, 1.54) is 0 Å². The van der Waals surface area contributed by atoms with Crippen molar-refractivity contribution in [2.24, 2.45) is 0 Å². The molecule has 1 fully saturated rings. The number of hydrogen-bond donors (Lipinski definition) is 0. The highest BCUT2D eigenvalue weighted by Gasteiger charge is 2.24. The van der Waals surface area contributed by atoms with Crippen molar-refractivity contribution < 1.29 is 9.47 Å². The molecule has 1 aromatic carbocycles. The lowest BCUT2D eigenvalue weighted by molar-refractivity contribution is -0.150. The van der Waals surface area contributed by atoms with Crippen LogP contribution in [0.4, 0.5) is 0 Å². The molecule has 1 unspecified atom stereocenters. The maximum Gasteiger partial charge on any atom is 0.105 e. The summed E-state index contributed by atoms with van der Waals surface area (Å²) in [5.41, 5.74) is 1.07. The summed E-state index contributed by atoms with van der Waals surface area (Å²) in [5.74, 6) is 0. The van der Waals surface area contributed by atoms with Gasteiger partial charge in [0.2, 0.25) is 0 Å². The number of alkyl halides is 1. The predicted molar refractivity (Wildman–Crippen MR) is 68.8 cm³/mol. The first-order chi connectivity index (χ1) is 7.31. The third kappa shape index (κ3) is 2.84. The van der Waals surface area contributed by atoms with E-state index in [0.29, 0.717) is 13.2 Å². The normalized spacial score (nSPS) is 18.5. The maximum absolute atomic E-state index is 6.13. The Labute approximate surface area is 108 Å². The Kier molecular flexibility index (Phi) is 4.25. The summed E-state index contributed by atoms with van der Waals surface area (Å²) in [4.78, 5) is 0. The number of hydrogen-bond acceptors (Lipinski definition) is 2. The van der Waals surface area contributed by atoms with Gasteiger partial charge in [-0.15, -0.1) is 0 Å². The van der Waals surface area contributed by atoms with Crippen molar-refractivity contribution in [2.45, 2.75) is 12.2 Å². The summed E-state index contributed by atoms with van der Waals surface area (Å²) in [6, 6.07) is 7.84. The van der Waals surface area contributed by atoms with Crippen molar-refractivity contribution in [1.29, 1.82) is 0 Å². The second-order valence-corrected chi connectivity index (χ2v) is 4.75. The van der Waals surface area contributed by atoms with Crippen LogP contribution in [-0.2, 0) is 9.47 Å². The quantitative estimate of drug-likeness (QED) is 0.620. The van der Waals surface area contributed by atoms with Crippen molar-refractivity contribution in [3.05, 3.63) is 34.9 Å². The number of rotatable bonds is 4. The van der Waals surface area contributed by atoms with Crippen LogP contribution < -0.4 is 0 Å². The predicted octanol–water partition coefficient (Wildman–Crippen LogP) is 3.23. The number of ether oxygens (including phenoxy) is 2. The van der Waals surface area contributed by atoms with E-state index in [4.69, 9.17) is 21.1 Å². The Hall–Kier alpha value is 0.160. The largest absolute Gasteiger partial charge is 0.376 e. The van der Waals surface area contributed by atoms with Gasteiger partial charge in [-0.1, -0.05) is 52.4 Å². The molecule has 2 rings (SSSR count). The molecule has 1 aliphatic rings. The number of halogens is 2. The number of benzene rings is 1. The van der Waals surface area contributed by atoms with Gasteiger partial charge in [-0.3, -0.25) is 0 Å². The molecule has 1 atom stereocenters. The van der Waals surface area contributed by atoms with Crippen LogP contribution >= 0.6 is 34.2 Å². The molecule has 0 N–H and O–H groups in total. The molecule has 1 saturated heterocycles. The zero-order valence-electron chi connectivity index (χ0n) is 8.16. The molecule has 0 saturated carbocycles. The van der Waals surface area contributed by atoms with Crippen molar-refractivity contribution in [3.8, 4) is 0 Å². The van der Waals surface area contributed by atoms with Crippen LogP contribution in [0.5, 0.6) is 0 Å². The highest BCUT2D eigenvalue weighted by molar-refractivity contribution is 14.1. The van der Waals surface area contributed by atoms with Crippen LogP contribution in [0.15, 0.2) is 24.3 Å². The molecule has 1 heterocycles. The first kappa shape index (κ1) is 11.6. The lowest BCUT2D eigenvalue weighted by atomic mass is 10.1. The summed E-state index contributed by atoms with van der Waals surface area (Å²) in [6.07, 6.45) is 0.314. The highest BCUT2D eigenvalue weighted by Crippen LogP contribution is 2.29. The minimum absolute atomic E-state index is 0.0770. The zero-order valence-corrected chi connectivity index (χ0v) is 11.1. The van der Waals surface area contributed by atoms with Gasteiger partial charge in [-0.05, 0) is 6.07 Å². The first-order valence-electron chi connectivity index (χ1n) is 4.85. The van der Waals surface area contributed by atoms with E-state index in [0.717, 1.165) is 15.0 Å². The molecular weight excluding hydrogens is 326 g/mol. The van der Waals surface area contributed by atoms with Crippen LogP contribution in [0.25, 0.3) is 0 Å². The van der Waals surface area contributed by atoms with E-state index in [9.17, 15) is 0 Å². The van der Waals surface area contributed by atoms with Gasteiger partial charge >= 0.3 is 0 Å². The van der Waals surface area contributed by atoms with Crippen molar-refractivity contribution >= 4 is 34.2 Å². The van der Waals surface area contributed by atoms with Gasteiger partial charge in [0.15, 0.2) is 0 Å². The monoisotopic (exact) mass is 338 g/mol. The fourth-order valence-electron chi connectivity index (χ4n) is 1.45. The molecule has 0 radical (unpaired) electrons. The minimum atomic E-state index is 0.0770. The topological polar surface area (TPSA) is 18.5 Å². The fraction of sp³-hybridized carbons (Fsp3) is 0.455. The molecule has 0 amide bonds. The van der Waals surface area contributed by atoms with E-state index in [2.05, 4.69) is 22.6 Å². The highest BCUT2D eigenvalue weighted by atomic mass is 127. The van der Waals surface area contributed by atoms with Gasteiger partial charge in [0.1, 0.15) is 6.10 Å². The molecule has 2 nitrogen and oxygen atoms in total. The van der Waals surface area contributed by atoms with Gasteiger partial charge in [0.05, 0.1) is 19.3 Å². The van der Waals surface area contributed by atoms with Crippen LogP contribution in [0.3, 0.4) is 0 Å². The summed E-state index contributed by atoms with van der Waals surface area (Å²) in [7, 11) is 0. The minimum Gasteiger partial charge on any atom is -0.376 e. The van der Waals surface area contributed by atoms with E-state index in [-0.39, 0.29) is 12.2 Å². The van der Waals surface area contributed by atoms with Gasteiger partial charge in [-0.2, -0.15) is 0 Å². The standard InChI is InChI=1S/C11H12ClIO2/c12-10-4-2-1-3-9(10)11(5-13)15-8-6-14-7-8/h1-4,8,11H,5-7H2. The Morgan fingerprint density at radius 3 is 2.73 bits per heavy atom. The molecule has 0 bridgehead atoms. The summed E-state index contributed by atoms with van der Waals surface area (Å²) < 4.78 is 11.9. The van der Waals surface area contributed by atoms with Gasteiger partial charge in [0, 0.05) is 15.0 Å². The van der Waals surface area contributed by atoms with E-state index in [1.807, 2.05) is 24.3 Å². The molecular formula is C11H12ClIO2. The van der Waals surface area contributed by atoms with Crippen molar-refractivity contribution in [3.63, 3.8) is 0 Å². The lowest BCUT2D eigenvalue weighted by Gasteiger charge is -2.30. The Morgan fingerprint density at radius 2 is 2.20 bits per heavy atom. The van der Waals surface area contributed by atoms with Crippen LogP contribution in [0.2, 0.25) is 5.02 Å².